The molecule has 2 aromatic carbocycles. The van der Waals surface area contributed by atoms with Gasteiger partial charge in [0.2, 0.25) is 5.91 Å². The molecule has 0 atom stereocenters. The fourth-order valence-corrected chi connectivity index (χ4v) is 1.97. The molecular formula is C17H15FN2O. The molecule has 0 unspecified atom stereocenters. The van der Waals surface area contributed by atoms with Crippen LogP contribution in [0.2, 0.25) is 0 Å². The average Bonchev–Trinajstić information content (AvgIpc) is 2.48. The highest BCUT2D eigenvalue weighted by atomic mass is 19.1. The summed E-state index contributed by atoms with van der Waals surface area (Å²) < 4.78 is 13.0. The van der Waals surface area contributed by atoms with Crippen LogP contribution in [0.5, 0.6) is 0 Å². The monoisotopic (exact) mass is 282 g/mol. The second-order valence-corrected chi connectivity index (χ2v) is 5.24. The topological polar surface area (TPSA) is 52.9 Å². The molecule has 0 saturated carbocycles. The van der Waals surface area contributed by atoms with E-state index in [1.807, 2.05) is 6.07 Å². The fraction of sp³-hybridized carbons (Fsp3) is 0.176. The third kappa shape index (κ3) is 3.09. The lowest BCUT2D eigenvalue weighted by molar-refractivity contribution is -0.120. The van der Waals surface area contributed by atoms with E-state index < -0.39 is 5.41 Å². The Hall–Kier alpha value is -2.67. The van der Waals surface area contributed by atoms with Crippen molar-refractivity contribution in [2.75, 3.05) is 5.32 Å². The molecule has 1 amide bonds. The van der Waals surface area contributed by atoms with Crippen LogP contribution in [-0.4, -0.2) is 5.91 Å². The van der Waals surface area contributed by atoms with Crippen LogP contribution in [0.1, 0.15) is 25.0 Å². The summed E-state index contributed by atoms with van der Waals surface area (Å²) in [5, 5.41) is 11.8. The summed E-state index contributed by atoms with van der Waals surface area (Å²) in [5.41, 5.74) is 0.743. The summed E-state index contributed by atoms with van der Waals surface area (Å²) in [5.74, 6) is -0.596. The maximum absolute atomic E-state index is 13.0. The number of halogens is 1. The van der Waals surface area contributed by atoms with E-state index in [0.717, 1.165) is 0 Å². The highest BCUT2D eigenvalue weighted by molar-refractivity contribution is 5.99. The SMILES string of the molecule is CC(C)(C(=O)Nc1ccccc1C#N)c1ccc(F)cc1. The third-order valence-corrected chi connectivity index (χ3v) is 3.43. The highest BCUT2D eigenvalue weighted by Crippen LogP contribution is 2.26. The van der Waals surface area contributed by atoms with Crippen LogP contribution < -0.4 is 5.32 Å². The number of hydrogen-bond acceptors (Lipinski definition) is 2. The van der Waals surface area contributed by atoms with Crippen molar-refractivity contribution in [2.45, 2.75) is 19.3 Å². The number of nitrogens with one attached hydrogen (secondary N) is 1. The zero-order valence-electron chi connectivity index (χ0n) is 11.9. The Bertz CT molecular complexity index is 699. The second kappa shape index (κ2) is 5.76. The van der Waals surface area contributed by atoms with E-state index in [4.69, 9.17) is 5.26 Å². The molecule has 106 valence electrons. The molecule has 0 saturated heterocycles. The Morgan fingerprint density at radius 3 is 2.38 bits per heavy atom. The van der Waals surface area contributed by atoms with E-state index >= 15 is 0 Å². The molecule has 2 rings (SSSR count). The number of para-hydroxylation sites is 1. The van der Waals surface area contributed by atoms with Gasteiger partial charge >= 0.3 is 0 Å². The van der Waals surface area contributed by atoms with Crippen LogP contribution in [0, 0.1) is 17.1 Å². The summed E-state index contributed by atoms with van der Waals surface area (Å²) in [6.45, 7) is 3.51. The van der Waals surface area contributed by atoms with Crippen LogP contribution in [0.15, 0.2) is 48.5 Å². The molecule has 1 N–H and O–H groups in total. The molecule has 0 spiro atoms. The zero-order valence-corrected chi connectivity index (χ0v) is 11.9. The Morgan fingerprint density at radius 2 is 1.76 bits per heavy atom. The summed E-state index contributed by atoms with van der Waals surface area (Å²) >= 11 is 0. The number of nitriles is 1. The molecule has 0 aromatic heterocycles. The maximum atomic E-state index is 13.0. The van der Waals surface area contributed by atoms with Crippen molar-refractivity contribution in [3.05, 3.63) is 65.5 Å². The van der Waals surface area contributed by atoms with E-state index in [2.05, 4.69) is 5.32 Å². The number of anilines is 1. The van der Waals surface area contributed by atoms with Crippen molar-refractivity contribution >= 4 is 11.6 Å². The molecule has 0 heterocycles. The van der Waals surface area contributed by atoms with E-state index in [1.54, 1.807) is 50.2 Å². The van der Waals surface area contributed by atoms with Gasteiger partial charge in [0.1, 0.15) is 11.9 Å². The van der Waals surface area contributed by atoms with Gasteiger partial charge in [0.15, 0.2) is 0 Å². The number of carbonyl (C=O) groups excluding carboxylic acids is 1. The minimum absolute atomic E-state index is 0.253. The smallest absolute Gasteiger partial charge is 0.234 e. The number of rotatable bonds is 3. The predicted molar refractivity (Wildman–Crippen MR) is 79.2 cm³/mol. The number of hydrogen-bond donors (Lipinski definition) is 1. The molecule has 2 aromatic rings. The fourth-order valence-electron chi connectivity index (χ4n) is 1.97. The van der Waals surface area contributed by atoms with Crippen LogP contribution in [-0.2, 0) is 10.2 Å². The number of carbonyl (C=O) groups is 1. The standard InChI is InChI=1S/C17H15FN2O/c1-17(2,13-7-9-14(18)10-8-13)16(21)20-15-6-4-3-5-12(15)11-19/h3-10H,1-2H3,(H,20,21). The summed E-state index contributed by atoms with van der Waals surface area (Å²) in [6, 6.07) is 14.7. The maximum Gasteiger partial charge on any atom is 0.234 e. The summed E-state index contributed by atoms with van der Waals surface area (Å²) in [7, 11) is 0. The highest BCUT2D eigenvalue weighted by Gasteiger charge is 2.30. The van der Waals surface area contributed by atoms with E-state index in [1.165, 1.54) is 12.1 Å². The minimum atomic E-state index is -0.837. The first-order valence-electron chi connectivity index (χ1n) is 6.52. The van der Waals surface area contributed by atoms with Crippen LogP contribution in [0.25, 0.3) is 0 Å². The van der Waals surface area contributed by atoms with Crippen molar-refractivity contribution in [1.29, 1.82) is 5.26 Å². The lowest BCUT2D eigenvalue weighted by Crippen LogP contribution is -2.34. The third-order valence-electron chi connectivity index (χ3n) is 3.43. The number of amides is 1. The van der Waals surface area contributed by atoms with Crippen LogP contribution in [0.4, 0.5) is 10.1 Å². The van der Waals surface area contributed by atoms with Gasteiger partial charge < -0.3 is 5.32 Å². The molecule has 21 heavy (non-hydrogen) atoms. The van der Waals surface area contributed by atoms with E-state index in [-0.39, 0.29) is 11.7 Å². The molecule has 0 radical (unpaired) electrons. The van der Waals surface area contributed by atoms with Crippen molar-refractivity contribution in [3.8, 4) is 6.07 Å². The van der Waals surface area contributed by atoms with Crippen molar-refractivity contribution in [3.63, 3.8) is 0 Å². The summed E-state index contributed by atoms with van der Waals surface area (Å²) in [6.07, 6.45) is 0. The lowest BCUT2D eigenvalue weighted by atomic mass is 9.83. The van der Waals surface area contributed by atoms with Crippen LogP contribution in [0.3, 0.4) is 0 Å². The van der Waals surface area contributed by atoms with Gasteiger partial charge in [-0.05, 0) is 43.7 Å². The Labute approximate surface area is 123 Å². The number of nitrogens with zero attached hydrogens (tertiary/aromatic N) is 1. The minimum Gasteiger partial charge on any atom is -0.324 e. The Morgan fingerprint density at radius 1 is 1.14 bits per heavy atom. The Balaban J connectivity index is 2.27. The van der Waals surface area contributed by atoms with Gasteiger partial charge in [-0.3, -0.25) is 4.79 Å². The summed E-state index contributed by atoms with van der Waals surface area (Å²) in [4.78, 5) is 12.5. The van der Waals surface area contributed by atoms with Crippen LogP contribution >= 0.6 is 0 Å². The average molecular weight is 282 g/mol. The van der Waals surface area contributed by atoms with Gasteiger partial charge in [0, 0.05) is 0 Å². The molecule has 0 aliphatic heterocycles. The van der Waals surface area contributed by atoms with Gasteiger partial charge in [0.05, 0.1) is 16.7 Å². The molecule has 3 nitrogen and oxygen atoms in total. The largest absolute Gasteiger partial charge is 0.324 e. The first-order valence-corrected chi connectivity index (χ1v) is 6.52. The normalized spacial score (nSPS) is 10.8. The first-order chi connectivity index (χ1) is 9.95. The van der Waals surface area contributed by atoms with Gasteiger partial charge in [-0.2, -0.15) is 5.26 Å². The predicted octanol–water partition coefficient (Wildman–Crippen LogP) is 3.61. The van der Waals surface area contributed by atoms with Gasteiger partial charge in [-0.25, -0.2) is 4.39 Å². The molecule has 4 heteroatoms. The van der Waals surface area contributed by atoms with Gasteiger partial charge in [-0.15, -0.1) is 0 Å². The van der Waals surface area contributed by atoms with Crippen molar-refractivity contribution < 1.29 is 9.18 Å². The second-order valence-electron chi connectivity index (χ2n) is 5.24. The van der Waals surface area contributed by atoms with Gasteiger partial charge in [0.25, 0.3) is 0 Å². The Kier molecular flexibility index (Phi) is 4.04. The molecule has 0 bridgehead atoms. The van der Waals surface area contributed by atoms with Crippen molar-refractivity contribution in [1.82, 2.24) is 0 Å². The molecular weight excluding hydrogens is 267 g/mol. The lowest BCUT2D eigenvalue weighted by Gasteiger charge is -2.24. The van der Waals surface area contributed by atoms with Crippen molar-refractivity contribution in [2.24, 2.45) is 0 Å². The van der Waals surface area contributed by atoms with E-state index in [9.17, 15) is 9.18 Å². The molecule has 0 aliphatic rings. The number of benzene rings is 2. The molecule has 0 fully saturated rings. The van der Waals surface area contributed by atoms with Gasteiger partial charge in [-0.1, -0.05) is 24.3 Å². The van der Waals surface area contributed by atoms with E-state index in [0.29, 0.717) is 16.8 Å². The zero-order chi connectivity index (χ0) is 15.5. The quantitative estimate of drug-likeness (QED) is 0.934. The first kappa shape index (κ1) is 14.7. The molecule has 0 aliphatic carbocycles.